The summed E-state index contributed by atoms with van der Waals surface area (Å²) in [5, 5.41) is 23.6. The largest absolute Gasteiger partial charge is 0.472 e. The Morgan fingerprint density at radius 2 is 1.46 bits per heavy atom. The SMILES string of the molecule is CCCCCC/C=C/CC/C=C/C(O)C(COP(=O)(O)OCCN)NC(=O)CC(O)CCCCCCCCC. The second kappa shape index (κ2) is 25.9. The van der Waals surface area contributed by atoms with Gasteiger partial charge in [0.25, 0.3) is 0 Å². The standard InChI is InChI=1S/C29H57N2O7P/c1-3-5-7-9-11-12-13-15-17-19-21-28(33)27(25-38-39(35,36)37-23-22-30)31-29(34)24-26(32)20-18-16-14-10-8-6-4-2/h12-13,19,21,26-28,32-33H,3-11,14-18,20,22-25,30H2,1-2H3,(H,31,34)(H,35,36)/b13-12+,21-19+. The van der Waals surface area contributed by atoms with Crippen LogP contribution in [0, 0.1) is 0 Å². The number of rotatable bonds is 27. The van der Waals surface area contributed by atoms with Gasteiger partial charge in [-0.25, -0.2) is 4.57 Å². The monoisotopic (exact) mass is 576 g/mol. The van der Waals surface area contributed by atoms with Crippen LogP contribution in [0.25, 0.3) is 0 Å². The topological polar surface area (TPSA) is 151 Å². The maximum atomic E-state index is 12.6. The molecule has 9 nitrogen and oxygen atoms in total. The first kappa shape index (κ1) is 37.9. The van der Waals surface area contributed by atoms with Crippen molar-refractivity contribution in [3.63, 3.8) is 0 Å². The molecule has 10 heteroatoms. The number of phosphoric ester groups is 1. The molecular formula is C29H57N2O7P. The van der Waals surface area contributed by atoms with E-state index in [2.05, 4.69) is 31.3 Å². The zero-order valence-electron chi connectivity index (χ0n) is 24.5. The highest BCUT2D eigenvalue weighted by atomic mass is 31.2. The molecular weight excluding hydrogens is 519 g/mol. The summed E-state index contributed by atoms with van der Waals surface area (Å²) in [6.45, 7) is 3.81. The smallest absolute Gasteiger partial charge is 0.393 e. The minimum absolute atomic E-state index is 0.0449. The van der Waals surface area contributed by atoms with Crippen LogP contribution < -0.4 is 11.1 Å². The number of hydrogen-bond acceptors (Lipinski definition) is 7. The van der Waals surface area contributed by atoms with Crippen LogP contribution >= 0.6 is 7.82 Å². The van der Waals surface area contributed by atoms with Crippen molar-refractivity contribution < 1.29 is 33.5 Å². The van der Waals surface area contributed by atoms with E-state index in [1.54, 1.807) is 6.08 Å². The Labute approximate surface area is 237 Å². The van der Waals surface area contributed by atoms with Gasteiger partial charge in [-0.15, -0.1) is 0 Å². The van der Waals surface area contributed by atoms with Gasteiger partial charge in [0.15, 0.2) is 0 Å². The molecule has 39 heavy (non-hydrogen) atoms. The predicted molar refractivity (Wildman–Crippen MR) is 158 cm³/mol. The van der Waals surface area contributed by atoms with Gasteiger partial charge in [0.1, 0.15) is 0 Å². The molecule has 0 rings (SSSR count). The van der Waals surface area contributed by atoms with Gasteiger partial charge in [-0.1, -0.05) is 102 Å². The molecule has 0 aromatic heterocycles. The van der Waals surface area contributed by atoms with Gasteiger partial charge in [0.2, 0.25) is 5.91 Å². The zero-order valence-corrected chi connectivity index (χ0v) is 25.4. The van der Waals surface area contributed by atoms with Crippen molar-refractivity contribution in [2.75, 3.05) is 19.8 Å². The van der Waals surface area contributed by atoms with E-state index in [-0.39, 0.29) is 19.6 Å². The van der Waals surface area contributed by atoms with E-state index < -0.39 is 38.6 Å². The van der Waals surface area contributed by atoms with E-state index in [1.165, 1.54) is 51.4 Å². The van der Waals surface area contributed by atoms with Crippen LogP contribution in [0.5, 0.6) is 0 Å². The van der Waals surface area contributed by atoms with Crippen LogP contribution in [0.15, 0.2) is 24.3 Å². The van der Waals surface area contributed by atoms with Gasteiger partial charge >= 0.3 is 7.82 Å². The Morgan fingerprint density at radius 3 is 2.13 bits per heavy atom. The number of carbonyl (C=O) groups is 1. The van der Waals surface area contributed by atoms with E-state index in [9.17, 15) is 24.5 Å². The molecule has 0 spiro atoms. The Morgan fingerprint density at radius 1 is 0.872 bits per heavy atom. The lowest BCUT2D eigenvalue weighted by molar-refractivity contribution is -0.124. The van der Waals surface area contributed by atoms with Gasteiger partial charge in [0.05, 0.1) is 37.9 Å². The van der Waals surface area contributed by atoms with Gasteiger partial charge < -0.3 is 26.2 Å². The zero-order chi connectivity index (χ0) is 29.2. The number of allylic oxidation sites excluding steroid dienone is 3. The molecule has 230 valence electrons. The molecule has 0 aromatic carbocycles. The number of nitrogens with two attached hydrogens (primary N) is 1. The molecule has 0 aliphatic heterocycles. The molecule has 0 aliphatic rings. The average Bonchev–Trinajstić information content (AvgIpc) is 2.90. The fraction of sp³-hybridized carbons (Fsp3) is 0.828. The number of nitrogens with one attached hydrogen (secondary N) is 1. The van der Waals surface area contributed by atoms with Crippen LogP contribution in [0.2, 0.25) is 0 Å². The maximum absolute atomic E-state index is 12.6. The van der Waals surface area contributed by atoms with E-state index in [1.807, 2.05) is 6.08 Å². The van der Waals surface area contributed by atoms with Crippen molar-refractivity contribution >= 4 is 13.7 Å². The Balaban J connectivity index is 4.70. The normalized spacial score (nSPS) is 15.9. The highest BCUT2D eigenvalue weighted by Crippen LogP contribution is 2.43. The summed E-state index contributed by atoms with van der Waals surface area (Å²) < 4.78 is 21.8. The number of unbranched alkanes of at least 4 members (excludes halogenated alkanes) is 11. The Bertz CT molecular complexity index is 691. The third-order valence-electron chi connectivity index (χ3n) is 6.33. The number of aliphatic hydroxyl groups excluding tert-OH is 2. The van der Waals surface area contributed by atoms with Crippen LogP contribution in [0.3, 0.4) is 0 Å². The molecule has 4 unspecified atom stereocenters. The molecule has 0 aromatic rings. The van der Waals surface area contributed by atoms with Crippen molar-refractivity contribution in [3.05, 3.63) is 24.3 Å². The molecule has 1 amide bonds. The van der Waals surface area contributed by atoms with E-state index in [0.717, 1.165) is 32.1 Å². The number of phosphoric acid groups is 1. The molecule has 0 aliphatic carbocycles. The Hall–Kier alpha value is -1.06. The summed E-state index contributed by atoms with van der Waals surface area (Å²) in [4.78, 5) is 22.4. The Kier molecular flexibility index (Phi) is 25.2. The van der Waals surface area contributed by atoms with Gasteiger partial charge in [-0.05, 0) is 32.1 Å². The second-order valence-electron chi connectivity index (χ2n) is 10.1. The number of amides is 1. The molecule has 6 N–H and O–H groups in total. The summed E-state index contributed by atoms with van der Waals surface area (Å²) in [5.74, 6) is -0.465. The van der Waals surface area contributed by atoms with Gasteiger partial charge in [-0.2, -0.15) is 0 Å². The lowest BCUT2D eigenvalue weighted by Gasteiger charge is -2.24. The third kappa shape index (κ3) is 24.5. The average molecular weight is 577 g/mol. The number of aliphatic hydroxyl groups is 2. The van der Waals surface area contributed by atoms with Crippen LogP contribution in [0.1, 0.15) is 117 Å². The maximum Gasteiger partial charge on any atom is 0.472 e. The number of hydrogen-bond donors (Lipinski definition) is 5. The van der Waals surface area contributed by atoms with E-state index in [4.69, 9.17) is 14.8 Å². The number of carbonyl (C=O) groups excluding carboxylic acids is 1. The van der Waals surface area contributed by atoms with Gasteiger partial charge in [0, 0.05) is 6.54 Å². The van der Waals surface area contributed by atoms with Crippen molar-refractivity contribution in [2.45, 2.75) is 135 Å². The lowest BCUT2D eigenvalue weighted by atomic mass is 10.0. The lowest BCUT2D eigenvalue weighted by Crippen LogP contribution is -2.46. The van der Waals surface area contributed by atoms with Crippen LogP contribution in [-0.2, 0) is 18.4 Å². The quantitative estimate of drug-likeness (QED) is 0.0476. The first-order chi connectivity index (χ1) is 18.8. The highest BCUT2D eigenvalue weighted by Gasteiger charge is 2.27. The minimum Gasteiger partial charge on any atom is -0.393 e. The molecule has 4 atom stereocenters. The third-order valence-corrected chi connectivity index (χ3v) is 7.32. The highest BCUT2D eigenvalue weighted by molar-refractivity contribution is 7.47. The molecule has 0 radical (unpaired) electrons. The van der Waals surface area contributed by atoms with Crippen molar-refractivity contribution in [1.82, 2.24) is 5.32 Å². The molecule has 0 saturated carbocycles. The summed E-state index contributed by atoms with van der Waals surface area (Å²) in [6.07, 6.45) is 21.5. The van der Waals surface area contributed by atoms with E-state index in [0.29, 0.717) is 12.8 Å². The van der Waals surface area contributed by atoms with Crippen LogP contribution in [0.4, 0.5) is 0 Å². The van der Waals surface area contributed by atoms with Crippen molar-refractivity contribution in [2.24, 2.45) is 5.73 Å². The van der Waals surface area contributed by atoms with E-state index >= 15 is 0 Å². The van der Waals surface area contributed by atoms with Crippen molar-refractivity contribution in [1.29, 1.82) is 0 Å². The fourth-order valence-corrected chi connectivity index (χ4v) is 4.77. The first-order valence-electron chi connectivity index (χ1n) is 15.0. The summed E-state index contributed by atoms with van der Waals surface area (Å²) in [6, 6.07) is -0.990. The van der Waals surface area contributed by atoms with Crippen LogP contribution in [-0.4, -0.2) is 59.0 Å². The molecule has 0 bridgehead atoms. The van der Waals surface area contributed by atoms with Crippen molar-refractivity contribution in [3.8, 4) is 0 Å². The fourth-order valence-electron chi connectivity index (χ4n) is 4.01. The predicted octanol–water partition coefficient (Wildman–Crippen LogP) is 5.68. The summed E-state index contributed by atoms with van der Waals surface area (Å²) >= 11 is 0. The summed E-state index contributed by atoms with van der Waals surface area (Å²) in [5.41, 5.74) is 5.30. The molecule has 0 heterocycles. The molecule has 0 fully saturated rings. The minimum atomic E-state index is -4.38. The second-order valence-corrected chi connectivity index (χ2v) is 11.6. The molecule has 0 saturated heterocycles. The van der Waals surface area contributed by atoms with Gasteiger partial charge in [-0.3, -0.25) is 13.8 Å². The first-order valence-corrected chi connectivity index (χ1v) is 16.5. The summed E-state index contributed by atoms with van der Waals surface area (Å²) in [7, 11) is -4.38.